The van der Waals surface area contributed by atoms with Crippen LogP contribution in [0.2, 0.25) is 0 Å². The van der Waals surface area contributed by atoms with Gasteiger partial charge in [-0.1, -0.05) is 27.7 Å². The summed E-state index contributed by atoms with van der Waals surface area (Å²) in [5.74, 6) is 0.688. The minimum absolute atomic E-state index is 0.355. The van der Waals surface area contributed by atoms with Crippen molar-refractivity contribution in [2.75, 3.05) is 7.05 Å². The van der Waals surface area contributed by atoms with Gasteiger partial charge in [-0.2, -0.15) is 0 Å². The first-order valence-corrected chi connectivity index (χ1v) is 6.34. The lowest BCUT2D eigenvalue weighted by atomic mass is 9.82. The zero-order valence-corrected chi connectivity index (χ0v) is 11.7. The molecule has 2 unspecified atom stereocenters. The molecule has 17 heavy (non-hydrogen) atoms. The van der Waals surface area contributed by atoms with E-state index in [2.05, 4.69) is 43.0 Å². The Morgan fingerprint density at radius 2 is 1.82 bits per heavy atom. The molecule has 0 aliphatic rings. The third kappa shape index (κ3) is 5.26. The molecule has 0 bridgehead atoms. The predicted molar refractivity (Wildman–Crippen MR) is 71.7 cm³/mol. The summed E-state index contributed by atoms with van der Waals surface area (Å²) in [6, 6.07) is 0.355. The highest BCUT2D eigenvalue weighted by Gasteiger charge is 2.19. The van der Waals surface area contributed by atoms with Crippen molar-refractivity contribution in [2.45, 2.75) is 46.6 Å². The Balaban J connectivity index is 2.59. The van der Waals surface area contributed by atoms with Crippen molar-refractivity contribution < 1.29 is 0 Å². The van der Waals surface area contributed by atoms with Gasteiger partial charge in [-0.05, 0) is 31.2 Å². The molecule has 2 atom stereocenters. The molecule has 3 nitrogen and oxygen atoms in total. The number of nitrogens with zero attached hydrogens (tertiary/aromatic N) is 2. The van der Waals surface area contributed by atoms with Crippen LogP contribution in [0.15, 0.2) is 18.7 Å². The Labute approximate surface area is 105 Å². The van der Waals surface area contributed by atoms with Crippen LogP contribution in [0.4, 0.5) is 0 Å². The standard InChI is InChI=1S/C14H25N3/c1-11(7-14(2,3)4)6-13(15-5)12-8-16-10-17-9-12/h8-11,13,15H,6-7H2,1-5H3. The Bertz CT molecular complexity index is 316. The molecule has 0 aliphatic heterocycles. The van der Waals surface area contributed by atoms with E-state index in [0.717, 1.165) is 6.42 Å². The molecular weight excluding hydrogens is 210 g/mol. The largest absolute Gasteiger partial charge is 0.313 e. The van der Waals surface area contributed by atoms with E-state index in [1.54, 1.807) is 6.33 Å². The van der Waals surface area contributed by atoms with Gasteiger partial charge >= 0.3 is 0 Å². The van der Waals surface area contributed by atoms with Crippen molar-refractivity contribution in [1.82, 2.24) is 15.3 Å². The number of nitrogens with one attached hydrogen (secondary N) is 1. The average molecular weight is 235 g/mol. The van der Waals surface area contributed by atoms with Gasteiger partial charge in [0.2, 0.25) is 0 Å². The molecule has 0 amide bonds. The fourth-order valence-corrected chi connectivity index (χ4v) is 2.44. The smallest absolute Gasteiger partial charge is 0.115 e. The second-order valence-electron chi connectivity index (χ2n) is 6.12. The van der Waals surface area contributed by atoms with Crippen molar-refractivity contribution in [2.24, 2.45) is 11.3 Å². The van der Waals surface area contributed by atoms with Crippen LogP contribution in [0.3, 0.4) is 0 Å². The van der Waals surface area contributed by atoms with Gasteiger partial charge in [0.25, 0.3) is 0 Å². The Morgan fingerprint density at radius 1 is 1.24 bits per heavy atom. The molecule has 0 spiro atoms. The Hall–Kier alpha value is -0.960. The van der Waals surface area contributed by atoms with E-state index in [1.807, 2.05) is 19.4 Å². The maximum Gasteiger partial charge on any atom is 0.115 e. The molecule has 0 aromatic carbocycles. The second-order valence-corrected chi connectivity index (χ2v) is 6.12. The molecule has 1 heterocycles. The molecule has 1 N–H and O–H groups in total. The van der Waals surface area contributed by atoms with Gasteiger partial charge < -0.3 is 5.32 Å². The van der Waals surface area contributed by atoms with Crippen LogP contribution < -0.4 is 5.32 Å². The number of aromatic nitrogens is 2. The van der Waals surface area contributed by atoms with Gasteiger partial charge in [0.15, 0.2) is 0 Å². The predicted octanol–water partition coefficient (Wildman–Crippen LogP) is 3.20. The molecule has 0 aliphatic carbocycles. The van der Waals surface area contributed by atoms with Crippen molar-refractivity contribution in [3.05, 3.63) is 24.3 Å². The first kappa shape index (κ1) is 14.1. The van der Waals surface area contributed by atoms with Crippen molar-refractivity contribution in [3.8, 4) is 0 Å². The van der Waals surface area contributed by atoms with Crippen molar-refractivity contribution >= 4 is 0 Å². The van der Waals surface area contributed by atoms with E-state index in [9.17, 15) is 0 Å². The summed E-state index contributed by atoms with van der Waals surface area (Å²) in [6.07, 6.45) is 7.74. The lowest BCUT2D eigenvalue weighted by molar-refractivity contribution is 0.278. The number of hydrogen-bond acceptors (Lipinski definition) is 3. The van der Waals surface area contributed by atoms with Gasteiger partial charge in [0, 0.05) is 24.0 Å². The fraction of sp³-hybridized carbons (Fsp3) is 0.714. The van der Waals surface area contributed by atoms with Crippen LogP contribution in [0.25, 0.3) is 0 Å². The van der Waals surface area contributed by atoms with Crippen molar-refractivity contribution in [3.63, 3.8) is 0 Å². The van der Waals surface area contributed by atoms with Crippen LogP contribution in [0.5, 0.6) is 0 Å². The Morgan fingerprint density at radius 3 is 2.29 bits per heavy atom. The first-order chi connectivity index (χ1) is 7.92. The normalized spacial score (nSPS) is 15.6. The summed E-state index contributed by atoms with van der Waals surface area (Å²) in [5, 5.41) is 3.36. The molecule has 1 rings (SSSR count). The van der Waals surface area contributed by atoms with Crippen molar-refractivity contribution in [1.29, 1.82) is 0 Å². The summed E-state index contributed by atoms with van der Waals surface area (Å²) in [5.41, 5.74) is 1.57. The maximum absolute atomic E-state index is 4.08. The zero-order valence-electron chi connectivity index (χ0n) is 11.7. The summed E-state index contributed by atoms with van der Waals surface area (Å²) in [4.78, 5) is 8.17. The van der Waals surface area contributed by atoms with Crippen LogP contribution in [-0.4, -0.2) is 17.0 Å². The highest BCUT2D eigenvalue weighted by Crippen LogP contribution is 2.29. The van der Waals surface area contributed by atoms with Gasteiger partial charge in [-0.15, -0.1) is 0 Å². The molecule has 1 aromatic heterocycles. The first-order valence-electron chi connectivity index (χ1n) is 6.34. The summed E-state index contributed by atoms with van der Waals surface area (Å²) < 4.78 is 0. The zero-order chi connectivity index (χ0) is 12.9. The fourth-order valence-electron chi connectivity index (χ4n) is 2.44. The highest BCUT2D eigenvalue weighted by atomic mass is 14.9. The lowest BCUT2D eigenvalue weighted by Gasteiger charge is -2.26. The van der Waals surface area contributed by atoms with Gasteiger partial charge in [-0.3, -0.25) is 0 Å². The molecular formula is C14H25N3. The lowest BCUT2D eigenvalue weighted by Crippen LogP contribution is -2.21. The van der Waals surface area contributed by atoms with Gasteiger partial charge in [0.1, 0.15) is 6.33 Å². The van der Waals surface area contributed by atoms with Crippen LogP contribution in [-0.2, 0) is 0 Å². The second kappa shape index (κ2) is 6.10. The minimum atomic E-state index is 0.355. The number of rotatable bonds is 5. The molecule has 0 saturated heterocycles. The van der Waals surface area contributed by atoms with Gasteiger partial charge in [0.05, 0.1) is 0 Å². The van der Waals surface area contributed by atoms with E-state index < -0.39 is 0 Å². The topological polar surface area (TPSA) is 37.8 Å². The molecule has 96 valence electrons. The van der Waals surface area contributed by atoms with E-state index in [1.165, 1.54) is 12.0 Å². The average Bonchev–Trinajstić information content (AvgIpc) is 2.24. The van der Waals surface area contributed by atoms with E-state index in [4.69, 9.17) is 0 Å². The van der Waals surface area contributed by atoms with Gasteiger partial charge in [-0.25, -0.2) is 9.97 Å². The summed E-state index contributed by atoms with van der Waals surface area (Å²) >= 11 is 0. The Kier molecular flexibility index (Phi) is 5.06. The van der Waals surface area contributed by atoms with E-state index in [-0.39, 0.29) is 0 Å². The van der Waals surface area contributed by atoms with E-state index in [0.29, 0.717) is 17.4 Å². The molecule has 0 radical (unpaired) electrons. The van der Waals surface area contributed by atoms with Crippen LogP contribution in [0.1, 0.15) is 52.1 Å². The maximum atomic E-state index is 4.08. The van der Waals surface area contributed by atoms with Crippen LogP contribution >= 0.6 is 0 Å². The third-order valence-electron chi connectivity index (χ3n) is 2.93. The van der Waals surface area contributed by atoms with Crippen LogP contribution in [0, 0.1) is 11.3 Å². The minimum Gasteiger partial charge on any atom is -0.313 e. The summed E-state index contributed by atoms with van der Waals surface area (Å²) in [7, 11) is 2.00. The quantitative estimate of drug-likeness (QED) is 0.851. The monoisotopic (exact) mass is 235 g/mol. The highest BCUT2D eigenvalue weighted by molar-refractivity contribution is 5.09. The summed E-state index contributed by atoms with van der Waals surface area (Å²) in [6.45, 7) is 9.20. The van der Waals surface area contributed by atoms with E-state index >= 15 is 0 Å². The molecule has 0 saturated carbocycles. The molecule has 3 heteroatoms. The number of hydrogen-bond donors (Lipinski definition) is 1. The third-order valence-corrected chi connectivity index (χ3v) is 2.93. The molecule has 0 fully saturated rings. The SMILES string of the molecule is CNC(CC(C)CC(C)(C)C)c1cncnc1. The molecule has 1 aromatic rings.